The number of amides is 1. The van der Waals surface area contributed by atoms with Crippen LogP contribution in [0.5, 0.6) is 0 Å². The Labute approximate surface area is 210 Å². The summed E-state index contributed by atoms with van der Waals surface area (Å²) in [5, 5.41) is 32.0. The molecule has 0 radical (unpaired) electrons. The minimum absolute atomic E-state index is 0.0654. The molecule has 0 bridgehead atoms. The van der Waals surface area contributed by atoms with E-state index in [1.807, 2.05) is 48.5 Å². The molecule has 1 aliphatic carbocycles. The molecule has 37 heavy (non-hydrogen) atoms. The van der Waals surface area contributed by atoms with Gasteiger partial charge < -0.3 is 25.4 Å². The zero-order valence-electron chi connectivity index (χ0n) is 19.4. The van der Waals surface area contributed by atoms with Gasteiger partial charge in [0.2, 0.25) is 0 Å². The van der Waals surface area contributed by atoms with Crippen LogP contribution < -0.4 is 5.32 Å². The van der Waals surface area contributed by atoms with Crippen LogP contribution in [0.15, 0.2) is 66.7 Å². The largest absolute Gasteiger partial charge is 0.478 e. The molecule has 3 aromatic carbocycles. The van der Waals surface area contributed by atoms with Crippen molar-refractivity contribution < 1.29 is 42.8 Å². The molecular weight excluding hydrogens is 491 g/mol. The van der Waals surface area contributed by atoms with E-state index in [1.165, 1.54) is 0 Å². The first-order valence-electron chi connectivity index (χ1n) is 11.5. The number of carboxylic acids is 1. The van der Waals surface area contributed by atoms with Crippen LogP contribution in [0.25, 0.3) is 11.1 Å². The average molecular weight is 515 g/mol. The normalized spacial score (nSPS) is 14.4. The minimum Gasteiger partial charge on any atom is -0.478 e. The summed E-state index contributed by atoms with van der Waals surface area (Å²) in [5.41, 5.74) is 1.58. The first-order valence-corrected chi connectivity index (χ1v) is 11.5. The molecule has 0 spiro atoms. The van der Waals surface area contributed by atoms with Crippen molar-refractivity contribution in [3.05, 3.63) is 94.5 Å². The quantitative estimate of drug-likeness (QED) is 0.345. The maximum Gasteiger partial charge on any atom is 0.416 e. The van der Waals surface area contributed by atoms with Crippen molar-refractivity contribution in [2.75, 3.05) is 13.2 Å². The lowest BCUT2D eigenvalue weighted by atomic mass is 9.95. The van der Waals surface area contributed by atoms with Gasteiger partial charge >= 0.3 is 18.2 Å². The Bertz CT molecular complexity index is 1260. The van der Waals surface area contributed by atoms with E-state index in [0.717, 1.165) is 34.4 Å². The zero-order chi connectivity index (χ0) is 26.7. The van der Waals surface area contributed by atoms with Crippen LogP contribution in [0.2, 0.25) is 0 Å². The molecule has 4 N–H and O–H groups in total. The monoisotopic (exact) mass is 515 g/mol. The fourth-order valence-corrected chi connectivity index (χ4v) is 4.53. The van der Waals surface area contributed by atoms with Crippen molar-refractivity contribution in [3.8, 4) is 11.1 Å². The summed E-state index contributed by atoms with van der Waals surface area (Å²) in [4.78, 5) is 23.3. The lowest BCUT2D eigenvalue weighted by Crippen LogP contribution is -2.31. The standard InChI is InChI=1S/C27H24F3NO6/c28-27(29,30)22-13-15(25(34)35)9-10-20(22)24(33)23(32)11-12-31-26(36)37-14-21-18-7-3-1-5-16(18)17-6-2-4-8-19(17)21/h1-10,13,21,23-24,32-33H,11-12,14H2,(H,31,36)(H,34,35). The van der Waals surface area contributed by atoms with E-state index in [4.69, 9.17) is 9.84 Å². The highest BCUT2D eigenvalue weighted by atomic mass is 19.4. The summed E-state index contributed by atoms with van der Waals surface area (Å²) >= 11 is 0. The number of carbonyl (C=O) groups is 2. The number of aliphatic hydroxyl groups excluding tert-OH is 2. The third-order valence-corrected chi connectivity index (χ3v) is 6.34. The van der Waals surface area contributed by atoms with Crippen LogP contribution in [0.3, 0.4) is 0 Å². The molecule has 1 amide bonds. The maximum absolute atomic E-state index is 13.4. The number of nitrogens with one attached hydrogen (secondary N) is 1. The molecule has 0 fully saturated rings. The van der Waals surface area contributed by atoms with Crippen LogP contribution in [0.1, 0.15) is 51.1 Å². The van der Waals surface area contributed by atoms with E-state index in [9.17, 15) is 33.0 Å². The summed E-state index contributed by atoms with van der Waals surface area (Å²) in [5.74, 6) is -1.71. The Morgan fingerprint density at radius 1 is 0.946 bits per heavy atom. The summed E-state index contributed by atoms with van der Waals surface area (Å²) in [6, 6.07) is 17.8. The minimum atomic E-state index is -4.94. The predicted molar refractivity (Wildman–Crippen MR) is 127 cm³/mol. The fourth-order valence-electron chi connectivity index (χ4n) is 4.53. The maximum atomic E-state index is 13.4. The fraction of sp³-hybridized carbons (Fsp3) is 0.259. The van der Waals surface area contributed by atoms with Crippen LogP contribution >= 0.6 is 0 Å². The number of carbonyl (C=O) groups excluding carboxylic acids is 1. The Balaban J connectivity index is 1.33. The Kier molecular flexibility index (Phi) is 7.51. The van der Waals surface area contributed by atoms with Gasteiger partial charge in [0.05, 0.1) is 17.2 Å². The Morgan fingerprint density at radius 3 is 2.11 bits per heavy atom. The second kappa shape index (κ2) is 10.6. The first-order chi connectivity index (χ1) is 17.6. The van der Waals surface area contributed by atoms with Gasteiger partial charge in [-0.05, 0) is 46.4 Å². The van der Waals surface area contributed by atoms with E-state index < -0.39 is 47.1 Å². The molecule has 10 heteroatoms. The highest BCUT2D eigenvalue weighted by Gasteiger charge is 2.37. The van der Waals surface area contributed by atoms with E-state index >= 15 is 0 Å². The molecule has 0 aromatic heterocycles. The number of aliphatic hydroxyl groups is 2. The smallest absolute Gasteiger partial charge is 0.416 e. The van der Waals surface area contributed by atoms with Gasteiger partial charge in [-0.25, -0.2) is 9.59 Å². The zero-order valence-corrected chi connectivity index (χ0v) is 19.4. The molecule has 0 aliphatic heterocycles. The van der Waals surface area contributed by atoms with Crippen LogP contribution in [0, 0.1) is 0 Å². The van der Waals surface area contributed by atoms with E-state index in [1.54, 1.807) is 0 Å². The topological polar surface area (TPSA) is 116 Å². The molecule has 2 atom stereocenters. The van der Waals surface area contributed by atoms with Crippen molar-refractivity contribution in [3.63, 3.8) is 0 Å². The number of hydrogen-bond acceptors (Lipinski definition) is 5. The van der Waals surface area contributed by atoms with Crippen molar-refractivity contribution in [1.29, 1.82) is 0 Å². The number of carboxylic acid groups (broad SMARTS) is 1. The van der Waals surface area contributed by atoms with Crippen LogP contribution in [-0.2, 0) is 10.9 Å². The second-order valence-corrected chi connectivity index (χ2v) is 8.66. The SMILES string of the molecule is O=C(NCCC(O)C(O)c1ccc(C(=O)O)cc1C(F)(F)F)OCC1c2ccccc2-c2ccccc21. The van der Waals surface area contributed by atoms with Gasteiger partial charge in [-0.2, -0.15) is 13.2 Å². The number of halogens is 3. The number of alkyl halides is 3. The second-order valence-electron chi connectivity index (χ2n) is 8.66. The molecule has 0 saturated heterocycles. The van der Waals surface area contributed by atoms with Gasteiger partial charge in [-0.15, -0.1) is 0 Å². The molecule has 0 saturated carbocycles. The average Bonchev–Trinajstić information content (AvgIpc) is 3.19. The molecule has 4 rings (SSSR count). The number of hydrogen-bond donors (Lipinski definition) is 4. The summed E-state index contributed by atoms with van der Waals surface area (Å²) < 4.78 is 45.6. The molecule has 7 nitrogen and oxygen atoms in total. The highest BCUT2D eigenvalue weighted by molar-refractivity contribution is 5.88. The van der Waals surface area contributed by atoms with Gasteiger partial charge in [0.25, 0.3) is 0 Å². The van der Waals surface area contributed by atoms with Crippen LogP contribution in [-0.4, -0.2) is 46.6 Å². The number of alkyl carbamates (subject to hydrolysis) is 1. The molecule has 2 unspecified atom stereocenters. The third-order valence-electron chi connectivity index (χ3n) is 6.34. The molecule has 0 heterocycles. The number of fused-ring (bicyclic) bond motifs is 3. The molecule has 194 valence electrons. The number of ether oxygens (including phenoxy) is 1. The number of rotatable bonds is 8. The number of benzene rings is 3. The van der Waals surface area contributed by atoms with Crippen LogP contribution in [0.4, 0.5) is 18.0 Å². The van der Waals surface area contributed by atoms with Crippen molar-refractivity contribution in [2.45, 2.75) is 30.7 Å². The molecular formula is C27H24F3NO6. The van der Waals surface area contributed by atoms with E-state index in [-0.39, 0.29) is 25.5 Å². The Hall–Kier alpha value is -3.89. The molecule has 3 aromatic rings. The van der Waals surface area contributed by atoms with Gasteiger partial charge in [0.1, 0.15) is 12.7 Å². The summed E-state index contributed by atoms with van der Waals surface area (Å²) in [6.07, 6.45) is -9.61. The lowest BCUT2D eigenvalue weighted by Gasteiger charge is -2.22. The summed E-state index contributed by atoms with van der Waals surface area (Å²) in [6.45, 7) is -0.112. The van der Waals surface area contributed by atoms with Gasteiger partial charge in [-0.1, -0.05) is 54.6 Å². The highest BCUT2D eigenvalue weighted by Crippen LogP contribution is 2.44. The predicted octanol–water partition coefficient (Wildman–Crippen LogP) is 4.73. The van der Waals surface area contributed by atoms with Gasteiger partial charge in [0, 0.05) is 12.5 Å². The van der Waals surface area contributed by atoms with Crippen molar-refractivity contribution >= 4 is 12.1 Å². The van der Waals surface area contributed by atoms with E-state index in [2.05, 4.69) is 5.32 Å². The van der Waals surface area contributed by atoms with Gasteiger partial charge in [0.15, 0.2) is 0 Å². The van der Waals surface area contributed by atoms with Gasteiger partial charge in [-0.3, -0.25) is 0 Å². The third kappa shape index (κ3) is 5.60. The molecule has 1 aliphatic rings. The van der Waals surface area contributed by atoms with Crippen molar-refractivity contribution in [1.82, 2.24) is 5.32 Å². The first kappa shape index (κ1) is 26.2. The van der Waals surface area contributed by atoms with E-state index in [0.29, 0.717) is 6.07 Å². The Morgan fingerprint density at radius 2 is 1.54 bits per heavy atom. The van der Waals surface area contributed by atoms with Crippen molar-refractivity contribution in [2.24, 2.45) is 0 Å². The summed E-state index contributed by atoms with van der Waals surface area (Å²) in [7, 11) is 0. The lowest BCUT2D eigenvalue weighted by molar-refractivity contribution is -0.140. The number of aromatic carboxylic acids is 1.